The largest absolute Gasteiger partial charge is 0.379 e. The Hall–Kier alpha value is -3.88. The van der Waals surface area contributed by atoms with Crippen LogP contribution in [0.4, 0.5) is 10.7 Å². The number of carbonyl (C=O) groups excluding carboxylic acids is 1. The number of nitrogens with zero attached hydrogens (tertiary/aromatic N) is 4. The number of hydrogen-bond donors (Lipinski definition) is 2. The van der Waals surface area contributed by atoms with Gasteiger partial charge in [0.25, 0.3) is 0 Å². The van der Waals surface area contributed by atoms with Gasteiger partial charge in [0.2, 0.25) is 5.95 Å². The van der Waals surface area contributed by atoms with E-state index in [2.05, 4.69) is 92.7 Å². The third-order valence-corrected chi connectivity index (χ3v) is 7.90. The molecule has 2 N–H and O–H groups in total. The molecule has 0 unspecified atom stereocenters. The highest BCUT2D eigenvalue weighted by Crippen LogP contribution is 2.24. The van der Waals surface area contributed by atoms with E-state index in [9.17, 15) is 4.79 Å². The predicted octanol–water partition coefficient (Wildman–Crippen LogP) is 5.24. The lowest BCUT2D eigenvalue weighted by Crippen LogP contribution is -2.43. The second-order valence-electron chi connectivity index (χ2n) is 10.9. The molecule has 1 saturated heterocycles. The second kappa shape index (κ2) is 14.1. The Bertz CT molecular complexity index is 1360. The van der Waals surface area contributed by atoms with Gasteiger partial charge in [-0.25, -0.2) is 9.78 Å². The van der Waals surface area contributed by atoms with Crippen LogP contribution in [0, 0.1) is 0 Å². The van der Waals surface area contributed by atoms with Gasteiger partial charge in [-0.2, -0.15) is 0 Å². The standard InChI is InChI=1S/C33H42N6O2/c1-26(30-10-5-8-29-7-3-4-9-31(29)30)36-33(40)39(19-6-18-38-21-23-41-24-22-38)25-28-13-11-27(12-14-28)15-20-37(2)32-34-16-17-35-32/h3-5,7-14,16-17,26H,6,15,18-25H2,1-2H3,(H,34,35)(H,36,40)/t26-/m0/s1. The molecule has 8 heteroatoms. The number of aromatic amines is 1. The van der Waals surface area contributed by atoms with Crippen molar-refractivity contribution in [3.05, 3.63) is 95.8 Å². The molecule has 5 rings (SSSR count). The summed E-state index contributed by atoms with van der Waals surface area (Å²) in [4.78, 5) is 27.6. The van der Waals surface area contributed by atoms with E-state index in [1.54, 1.807) is 6.20 Å². The number of fused-ring (bicyclic) bond motifs is 1. The number of rotatable bonds is 12. The van der Waals surface area contributed by atoms with E-state index in [0.717, 1.165) is 69.3 Å². The lowest BCUT2D eigenvalue weighted by Gasteiger charge is -2.29. The van der Waals surface area contributed by atoms with Gasteiger partial charge < -0.3 is 24.8 Å². The van der Waals surface area contributed by atoms with Crippen molar-refractivity contribution in [2.45, 2.75) is 32.4 Å². The van der Waals surface area contributed by atoms with Crippen molar-refractivity contribution < 1.29 is 9.53 Å². The quantitative estimate of drug-likeness (QED) is 0.251. The summed E-state index contributed by atoms with van der Waals surface area (Å²) >= 11 is 0. The molecule has 4 aromatic rings. The maximum atomic E-state index is 13.7. The minimum absolute atomic E-state index is 0.0310. The molecule has 0 radical (unpaired) electrons. The zero-order valence-corrected chi connectivity index (χ0v) is 24.3. The summed E-state index contributed by atoms with van der Waals surface area (Å²) in [5, 5.41) is 5.65. The van der Waals surface area contributed by atoms with E-state index in [-0.39, 0.29) is 12.1 Å². The molecule has 2 amide bonds. The molecule has 1 aliphatic heterocycles. The Labute approximate surface area is 243 Å². The molecule has 0 bridgehead atoms. The summed E-state index contributed by atoms with van der Waals surface area (Å²) in [6, 6.07) is 23.1. The van der Waals surface area contributed by atoms with Gasteiger partial charge in [0.15, 0.2) is 0 Å². The van der Waals surface area contributed by atoms with E-state index in [0.29, 0.717) is 13.1 Å². The first-order chi connectivity index (χ1) is 20.1. The minimum Gasteiger partial charge on any atom is -0.379 e. The van der Waals surface area contributed by atoms with Gasteiger partial charge >= 0.3 is 6.03 Å². The number of H-pyrrole nitrogens is 1. The van der Waals surface area contributed by atoms with E-state index in [1.807, 2.05) is 24.2 Å². The number of ether oxygens (including phenoxy) is 1. The van der Waals surface area contributed by atoms with Crippen LogP contribution in [0.15, 0.2) is 79.1 Å². The van der Waals surface area contributed by atoms with Crippen LogP contribution in [0.2, 0.25) is 0 Å². The number of likely N-dealkylation sites (N-methyl/N-ethyl adjacent to an activating group) is 1. The Kier molecular flexibility index (Phi) is 9.88. The van der Waals surface area contributed by atoms with E-state index >= 15 is 0 Å². The van der Waals surface area contributed by atoms with Crippen molar-refractivity contribution >= 4 is 22.8 Å². The van der Waals surface area contributed by atoms with Crippen molar-refractivity contribution in [2.75, 3.05) is 57.9 Å². The fourth-order valence-electron chi connectivity index (χ4n) is 5.44. The topological polar surface area (TPSA) is 76.7 Å². The first kappa shape index (κ1) is 28.6. The summed E-state index contributed by atoms with van der Waals surface area (Å²) in [7, 11) is 2.04. The molecule has 1 aromatic heterocycles. The number of amides is 2. The minimum atomic E-state index is -0.108. The zero-order valence-electron chi connectivity index (χ0n) is 24.3. The summed E-state index contributed by atoms with van der Waals surface area (Å²) < 4.78 is 5.50. The summed E-state index contributed by atoms with van der Waals surface area (Å²) in [6.07, 6.45) is 5.45. The van der Waals surface area contributed by atoms with Crippen molar-refractivity contribution in [1.29, 1.82) is 0 Å². The van der Waals surface area contributed by atoms with Crippen molar-refractivity contribution in [2.24, 2.45) is 0 Å². The number of urea groups is 1. The third-order valence-electron chi connectivity index (χ3n) is 7.90. The molecule has 3 aromatic carbocycles. The highest BCUT2D eigenvalue weighted by molar-refractivity contribution is 5.86. The second-order valence-corrected chi connectivity index (χ2v) is 10.9. The van der Waals surface area contributed by atoms with Crippen LogP contribution in [0.25, 0.3) is 10.8 Å². The normalized spacial score (nSPS) is 14.6. The van der Waals surface area contributed by atoms with Gasteiger partial charge in [-0.3, -0.25) is 4.90 Å². The number of anilines is 1. The lowest BCUT2D eigenvalue weighted by atomic mass is 10.00. The van der Waals surface area contributed by atoms with Gasteiger partial charge in [0.05, 0.1) is 19.3 Å². The molecule has 41 heavy (non-hydrogen) atoms. The van der Waals surface area contributed by atoms with Gasteiger partial charge in [0.1, 0.15) is 0 Å². The predicted molar refractivity (Wildman–Crippen MR) is 165 cm³/mol. The van der Waals surface area contributed by atoms with Crippen LogP contribution in [0.5, 0.6) is 0 Å². The molecule has 0 aliphatic carbocycles. The molecular formula is C33H42N6O2. The molecular weight excluding hydrogens is 512 g/mol. The monoisotopic (exact) mass is 554 g/mol. The first-order valence-corrected chi connectivity index (χ1v) is 14.7. The SMILES string of the molecule is C[C@H](NC(=O)N(CCCN1CCOCC1)Cc1ccc(CCN(C)c2ncc[nH]2)cc1)c1cccc2ccccc12. The molecule has 1 aliphatic rings. The van der Waals surface area contributed by atoms with E-state index in [1.165, 1.54) is 16.3 Å². The molecule has 8 nitrogen and oxygen atoms in total. The number of morpholine rings is 1. The maximum Gasteiger partial charge on any atom is 0.318 e. The summed E-state index contributed by atoms with van der Waals surface area (Å²) in [6.45, 7) is 8.67. The van der Waals surface area contributed by atoms with Crippen LogP contribution in [0.1, 0.15) is 36.1 Å². The Morgan fingerprint density at radius 1 is 1.02 bits per heavy atom. The third kappa shape index (κ3) is 7.86. The highest BCUT2D eigenvalue weighted by Gasteiger charge is 2.19. The Morgan fingerprint density at radius 3 is 2.56 bits per heavy atom. The molecule has 0 spiro atoms. The molecule has 1 atom stereocenters. The van der Waals surface area contributed by atoms with Crippen LogP contribution >= 0.6 is 0 Å². The van der Waals surface area contributed by atoms with Crippen LogP contribution in [-0.2, 0) is 17.7 Å². The molecule has 2 heterocycles. The summed E-state index contributed by atoms with van der Waals surface area (Å²) in [5.74, 6) is 0.873. The van der Waals surface area contributed by atoms with Gasteiger partial charge in [-0.15, -0.1) is 0 Å². The number of carbonyl (C=O) groups is 1. The summed E-state index contributed by atoms with van der Waals surface area (Å²) in [5.41, 5.74) is 3.53. The lowest BCUT2D eigenvalue weighted by molar-refractivity contribution is 0.0364. The van der Waals surface area contributed by atoms with Crippen molar-refractivity contribution in [3.8, 4) is 0 Å². The van der Waals surface area contributed by atoms with Crippen molar-refractivity contribution in [1.82, 2.24) is 25.1 Å². The van der Waals surface area contributed by atoms with E-state index in [4.69, 9.17) is 4.74 Å². The Balaban J connectivity index is 1.22. The number of nitrogens with one attached hydrogen (secondary N) is 2. The Morgan fingerprint density at radius 2 is 1.78 bits per heavy atom. The van der Waals surface area contributed by atoms with Crippen molar-refractivity contribution in [3.63, 3.8) is 0 Å². The number of benzene rings is 3. The average molecular weight is 555 g/mol. The van der Waals surface area contributed by atoms with E-state index < -0.39 is 0 Å². The van der Waals surface area contributed by atoms with Crippen LogP contribution in [-0.4, -0.2) is 78.8 Å². The average Bonchev–Trinajstić information content (AvgIpc) is 3.56. The van der Waals surface area contributed by atoms with Gasteiger partial charge in [-0.05, 0) is 47.2 Å². The van der Waals surface area contributed by atoms with Crippen LogP contribution in [0.3, 0.4) is 0 Å². The molecule has 0 saturated carbocycles. The zero-order chi connectivity index (χ0) is 28.4. The smallest absolute Gasteiger partial charge is 0.318 e. The molecule has 216 valence electrons. The van der Waals surface area contributed by atoms with Crippen LogP contribution < -0.4 is 10.2 Å². The number of hydrogen-bond acceptors (Lipinski definition) is 5. The number of imidazole rings is 1. The maximum absolute atomic E-state index is 13.7. The highest BCUT2D eigenvalue weighted by atomic mass is 16.5. The van der Waals surface area contributed by atoms with Gasteiger partial charge in [-0.1, -0.05) is 66.7 Å². The first-order valence-electron chi connectivity index (χ1n) is 14.7. The number of aromatic nitrogens is 2. The van der Waals surface area contributed by atoms with Gasteiger partial charge in [0, 0.05) is 58.7 Å². The fraction of sp³-hybridized carbons (Fsp3) is 0.394. The fourth-order valence-corrected chi connectivity index (χ4v) is 5.44. The molecule has 1 fully saturated rings.